The molecule has 1 heterocycles. The molecule has 2 rings (SSSR count). The first-order valence-corrected chi connectivity index (χ1v) is 8.08. The Morgan fingerprint density at radius 1 is 1.20 bits per heavy atom. The summed E-state index contributed by atoms with van der Waals surface area (Å²) in [7, 11) is 2.88. The Morgan fingerprint density at radius 2 is 1.88 bits per heavy atom. The van der Waals surface area contributed by atoms with E-state index in [1.54, 1.807) is 0 Å². The predicted octanol–water partition coefficient (Wildman–Crippen LogP) is 1.54. The molecule has 1 N–H and O–H groups in total. The molecule has 7 nitrogen and oxygen atoms in total. The summed E-state index contributed by atoms with van der Waals surface area (Å²) < 4.78 is 7.98. The number of hydrogen-bond donors (Lipinski definition) is 1. The zero-order valence-electron chi connectivity index (χ0n) is 14.7. The normalized spacial score (nSPS) is 11.8. The van der Waals surface area contributed by atoms with Crippen LogP contribution in [0.25, 0.3) is 0 Å². The van der Waals surface area contributed by atoms with Crippen molar-refractivity contribution in [2.45, 2.75) is 19.4 Å². The van der Waals surface area contributed by atoms with Crippen LogP contribution in [0, 0.1) is 11.3 Å². The Balaban J connectivity index is 1.94. The van der Waals surface area contributed by atoms with Crippen molar-refractivity contribution < 1.29 is 4.74 Å². The van der Waals surface area contributed by atoms with Crippen molar-refractivity contribution in [2.24, 2.45) is 14.1 Å². The molecule has 0 fully saturated rings. The van der Waals surface area contributed by atoms with Gasteiger partial charge in [0.25, 0.3) is 5.56 Å². The van der Waals surface area contributed by atoms with Crippen LogP contribution in [0.15, 0.2) is 39.9 Å². The summed E-state index contributed by atoms with van der Waals surface area (Å²) in [4.78, 5) is 24.0. The number of aromatic nitrogens is 2. The van der Waals surface area contributed by atoms with Crippen LogP contribution in [0.5, 0.6) is 0 Å². The highest BCUT2D eigenvalue weighted by molar-refractivity contribution is 5.51. The molecule has 2 aromatic rings. The average Bonchev–Trinajstić information content (AvgIpc) is 2.64. The molecule has 0 radical (unpaired) electrons. The zero-order chi connectivity index (χ0) is 18.4. The summed E-state index contributed by atoms with van der Waals surface area (Å²) in [6.07, 6.45) is 0.662. The van der Waals surface area contributed by atoms with Gasteiger partial charge in [0.15, 0.2) is 5.56 Å². The third-order valence-corrected chi connectivity index (χ3v) is 4.03. The molecule has 1 aromatic carbocycles. The number of anilines is 1. The number of nitrogens with one attached hydrogen (secondary N) is 1. The van der Waals surface area contributed by atoms with Crippen LogP contribution >= 0.6 is 0 Å². The molecule has 7 heteroatoms. The van der Waals surface area contributed by atoms with Crippen molar-refractivity contribution in [1.82, 2.24) is 9.13 Å². The lowest BCUT2D eigenvalue weighted by atomic mass is 10.1. The Kier molecular flexibility index (Phi) is 6.14. The van der Waals surface area contributed by atoms with E-state index in [0.717, 1.165) is 10.1 Å². The fourth-order valence-corrected chi connectivity index (χ4v) is 2.51. The molecule has 0 saturated heterocycles. The highest BCUT2D eigenvalue weighted by Crippen LogP contribution is 2.16. The number of benzene rings is 1. The Morgan fingerprint density at radius 3 is 2.52 bits per heavy atom. The second-order valence-corrected chi connectivity index (χ2v) is 5.75. The van der Waals surface area contributed by atoms with Crippen molar-refractivity contribution in [1.29, 1.82) is 5.26 Å². The van der Waals surface area contributed by atoms with Crippen molar-refractivity contribution in [3.05, 3.63) is 62.3 Å². The van der Waals surface area contributed by atoms with E-state index in [0.29, 0.717) is 19.6 Å². The van der Waals surface area contributed by atoms with Gasteiger partial charge in [-0.15, -0.1) is 0 Å². The first-order chi connectivity index (χ1) is 12.0. The first kappa shape index (κ1) is 18.5. The molecule has 0 unspecified atom stereocenters. The molecule has 0 aliphatic carbocycles. The minimum absolute atomic E-state index is 0.00996. The maximum Gasteiger partial charge on any atom is 0.332 e. The molecule has 0 aliphatic heterocycles. The van der Waals surface area contributed by atoms with Crippen LogP contribution in [0.2, 0.25) is 0 Å². The highest BCUT2D eigenvalue weighted by atomic mass is 16.5. The highest BCUT2D eigenvalue weighted by Gasteiger charge is 2.14. The summed E-state index contributed by atoms with van der Waals surface area (Å²) in [6.45, 7) is 2.99. The molecule has 25 heavy (non-hydrogen) atoms. The smallest absolute Gasteiger partial charge is 0.332 e. The van der Waals surface area contributed by atoms with Crippen LogP contribution in [-0.4, -0.2) is 22.3 Å². The zero-order valence-corrected chi connectivity index (χ0v) is 14.7. The van der Waals surface area contributed by atoms with Crippen molar-refractivity contribution in [3.8, 4) is 6.07 Å². The standard InChI is InChI=1S/C18H22N4O3/c1-13(14-8-5-4-6-9-14)25-11-7-10-20-16-15(12-19)17(23)22(3)18(24)21(16)2/h4-6,8-9,13,20H,7,10-11H2,1-3H3/t13-/m0/s1. The average molecular weight is 342 g/mol. The Hall–Kier alpha value is -2.85. The molecule has 0 aliphatic rings. The molecular formula is C18H22N4O3. The Labute approximate surface area is 146 Å². The lowest BCUT2D eigenvalue weighted by Gasteiger charge is -2.15. The fraction of sp³-hybridized carbons (Fsp3) is 0.389. The largest absolute Gasteiger partial charge is 0.374 e. The second kappa shape index (κ2) is 8.31. The van der Waals surface area contributed by atoms with Gasteiger partial charge in [0.1, 0.15) is 11.9 Å². The number of hydrogen-bond acceptors (Lipinski definition) is 5. The van der Waals surface area contributed by atoms with Crippen molar-refractivity contribution in [2.75, 3.05) is 18.5 Å². The molecule has 0 spiro atoms. The maximum atomic E-state index is 12.0. The third kappa shape index (κ3) is 4.17. The van der Waals surface area contributed by atoms with Crippen LogP contribution in [0.4, 0.5) is 5.82 Å². The van der Waals surface area contributed by atoms with Gasteiger partial charge in [0.2, 0.25) is 0 Å². The topological polar surface area (TPSA) is 89.1 Å². The number of nitriles is 1. The van der Waals surface area contributed by atoms with Crippen LogP contribution in [0.3, 0.4) is 0 Å². The van der Waals surface area contributed by atoms with Crippen LogP contribution < -0.4 is 16.6 Å². The van der Waals surface area contributed by atoms with Gasteiger partial charge in [-0.05, 0) is 18.9 Å². The van der Waals surface area contributed by atoms with Gasteiger partial charge in [-0.1, -0.05) is 30.3 Å². The fourth-order valence-electron chi connectivity index (χ4n) is 2.51. The molecule has 0 bridgehead atoms. The summed E-state index contributed by atoms with van der Waals surface area (Å²) >= 11 is 0. The molecule has 0 amide bonds. The number of nitrogens with zero attached hydrogens (tertiary/aromatic N) is 3. The van der Waals surface area contributed by atoms with Gasteiger partial charge in [0.05, 0.1) is 6.10 Å². The van der Waals surface area contributed by atoms with E-state index < -0.39 is 11.2 Å². The van der Waals surface area contributed by atoms with Gasteiger partial charge >= 0.3 is 5.69 Å². The Bertz CT molecular complexity index is 878. The predicted molar refractivity (Wildman–Crippen MR) is 95.6 cm³/mol. The van der Waals surface area contributed by atoms with Gasteiger partial charge in [-0.3, -0.25) is 13.9 Å². The SMILES string of the molecule is C[C@H](OCCCNc1c(C#N)c(=O)n(C)c(=O)n1C)c1ccccc1. The van der Waals surface area contributed by atoms with E-state index >= 15 is 0 Å². The lowest BCUT2D eigenvalue weighted by Crippen LogP contribution is -2.40. The van der Waals surface area contributed by atoms with Crippen LogP contribution in [0.1, 0.15) is 30.6 Å². The van der Waals surface area contributed by atoms with Crippen LogP contribution in [-0.2, 0) is 18.8 Å². The minimum atomic E-state index is -0.595. The molecule has 132 valence electrons. The summed E-state index contributed by atoms with van der Waals surface area (Å²) in [5.74, 6) is 0.242. The number of ether oxygens (including phenoxy) is 1. The van der Waals surface area contributed by atoms with E-state index in [4.69, 9.17) is 4.74 Å². The molecule has 1 atom stereocenters. The van der Waals surface area contributed by atoms with E-state index in [1.165, 1.54) is 18.7 Å². The summed E-state index contributed by atoms with van der Waals surface area (Å²) in [5, 5.41) is 12.2. The molecular weight excluding hydrogens is 320 g/mol. The van der Waals surface area contributed by atoms with Crippen molar-refractivity contribution >= 4 is 5.82 Å². The van der Waals surface area contributed by atoms with E-state index in [9.17, 15) is 14.9 Å². The summed E-state index contributed by atoms with van der Waals surface area (Å²) in [5.41, 5.74) is -0.0261. The van der Waals surface area contributed by atoms with E-state index in [1.807, 2.05) is 43.3 Å². The minimum Gasteiger partial charge on any atom is -0.374 e. The lowest BCUT2D eigenvalue weighted by molar-refractivity contribution is 0.0656. The third-order valence-electron chi connectivity index (χ3n) is 4.03. The van der Waals surface area contributed by atoms with Gasteiger partial charge in [-0.25, -0.2) is 4.79 Å². The molecule has 1 aromatic heterocycles. The van der Waals surface area contributed by atoms with Crippen molar-refractivity contribution in [3.63, 3.8) is 0 Å². The van der Waals surface area contributed by atoms with Gasteiger partial charge in [-0.2, -0.15) is 5.26 Å². The molecule has 0 saturated carbocycles. The quantitative estimate of drug-likeness (QED) is 0.771. The van der Waals surface area contributed by atoms with Gasteiger partial charge in [0, 0.05) is 27.2 Å². The van der Waals surface area contributed by atoms with Gasteiger partial charge < -0.3 is 10.1 Å². The monoisotopic (exact) mass is 342 g/mol. The van der Waals surface area contributed by atoms with E-state index in [-0.39, 0.29) is 17.5 Å². The first-order valence-electron chi connectivity index (χ1n) is 8.08. The second-order valence-electron chi connectivity index (χ2n) is 5.75. The maximum absolute atomic E-state index is 12.0. The van der Waals surface area contributed by atoms with E-state index in [2.05, 4.69) is 5.32 Å². The number of rotatable bonds is 7. The summed E-state index contributed by atoms with van der Waals surface area (Å²) in [6, 6.07) is 11.8.